The van der Waals surface area contributed by atoms with E-state index in [4.69, 9.17) is 0 Å². The maximum absolute atomic E-state index is 11.8. The van der Waals surface area contributed by atoms with Crippen molar-refractivity contribution >= 4 is 11.6 Å². The molecular weight excluding hydrogens is 232 g/mol. The van der Waals surface area contributed by atoms with Crippen LogP contribution in [0.25, 0.3) is 0 Å². The SMILES string of the molecule is Cc1cc(C)cc(NC(=O)c2nn(C)c(=O)[nH]2)c1. The molecule has 0 unspecified atom stereocenters. The maximum Gasteiger partial charge on any atom is 0.343 e. The summed E-state index contributed by atoms with van der Waals surface area (Å²) < 4.78 is 1.08. The molecule has 0 atom stereocenters. The average Bonchev–Trinajstić information content (AvgIpc) is 2.57. The van der Waals surface area contributed by atoms with E-state index >= 15 is 0 Å². The summed E-state index contributed by atoms with van der Waals surface area (Å²) in [5.74, 6) is -0.431. The van der Waals surface area contributed by atoms with Gasteiger partial charge in [0, 0.05) is 12.7 Å². The third-order valence-electron chi connectivity index (χ3n) is 2.46. The second-order valence-corrected chi connectivity index (χ2v) is 4.23. The number of aryl methyl sites for hydroxylation is 3. The molecule has 0 aliphatic heterocycles. The number of aromatic nitrogens is 3. The van der Waals surface area contributed by atoms with Crippen LogP contribution < -0.4 is 11.0 Å². The first-order valence-electron chi connectivity index (χ1n) is 5.48. The minimum absolute atomic E-state index is 0.00154. The Labute approximate surface area is 104 Å². The molecule has 0 saturated heterocycles. The van der Waals surface area contributed by atoms with Crippen LogP contribution in [0.2, 0.25) is 0 Å². The van der Waals surface area contributed by atoms with E-state index in [0.717, 1.165) is 15.8 Å². The molecule has 1 amide bonds. The van der Waals surface area contributed by atoms with Crippen molar-refractivity contribution in [2.75, 3.05) is 5.32 Å². The lowest BCUT2D eigenvalue weighted by Crippen LogP contribution is -2.15. The van der Waals surface area contributed by atoms with E-state index in [1.54, 1.807) is 0 Å². The fraction of sp³-hybridized carbons (Fsp3) is 0.250. The van der Waals surface area contributed by atoms with Crippen LogP contribution in [-0.2, 0) is 7.05 Å². The maximum atomic E-state index is 11.8. The second-order valence-electron chi connectivity index (χ2n) is 4.23. The smallest absolute Gasteiger partial charge is 0.319 e. The predicted octanol–water partition coefficient (Wildman–Crippen LogP) is 0.978. The number of rotatable bonds is 2. The molecular formula is C12H14N4O2. The van der Waals surface area contributed by atoms with Gasteiger partial charge in [0.25, 0.3) is 5.91 Å². The molecule has 6 nitrogen and oxygen atoms in total. The molecule has 0 fully saturated rings. The van der Waals surface area contributed by atoms with Crippen LogP contribution in [0.4, 0.5) is 5.69 Å². The number of carbonyl (C=O) groups excluding carboxylic acids is 1. The normalized spacial score (nSPS) is 10.4. The Morgan fingerprint density at radius 2 is 1.89 bits per heavy atom. The summed E-state index contributed by atoms with van der Waals surface area (Å²) in [5.41, 5.74) is 2.38. The summed E-state index contributed by atoms with van der Waals surface area (Å²) in [7, 11) is 1.48. The topological polar surface area (TPSA) is 79.8 Å². The monoisotopic (exact) mass is 246 g/mol. The van der Waals surface area contributed by atoms with Gasteiger partial charge in [-0.15, -0.1) is 5.10 Å². The molecule has 6 heteroatoms. The lowest BCUT2D eigenvalue weighted by atomic mass is 10.1. The standard InChI is InChI=1S/C12H14N4O2/c1-7-4-8(2)6-9(5-7)13-11(17)10-14-12(18)16(3)15-10/h4-6H,1-3H3,(H,13,17)(H,14,15,18). The summed E-state index contributed by atoms with van der Waals surface area (Å²) >= 11 is 0. The zero-order valence-electron chi connectivity index (χ0n) is 10.4. The first kappa shape index (κ1) is 12.1. The van der Waals surface area contributed by atoms with Gasteiger partial charge in [0.1, 0.15) is 0 Å². The number of hydrogen-bond acceptors (Lipinski definition) is 3. The van der Waals surface area contributed by atoms with Gasteiger partial charge in [0.15, 0.2) is 0 Å². The molecule has 0 radical (unpaired) electrons. The highest BCUT2D eigenvalue weighted by molar-refractivity contribution is 6.01. The Morgan fingerprint density at radius 1 is 1.28 bits per heavy atom. The number of anilines is 1. The molecule has 94 valence electrons. The van der Waals surface area contributed by atoms with Gasteiger partial charge in [-0.2, -0.15) is 0 Å². The van der Waals surface area contributed by atoms with Gasteiger partial charge >= 0.3 is 5.69 Å². The Hall–Kier alpha value is -2.37. The fourth-order valence-electron chi connectivity index (χ4n) is 1.74. The van der Waals surface area contributed by atoms with Gasteiger partial charge in [-0.05, 0) is 37.1 Å². The molecule has 2 rings (SSSR count). The van der Waals surface area contributed by atoms with Crippen LogP contribution in [0.15, 0.2) is 23.0 Å². The van der Waals surface area contributed by atoms with E-state index in [1.165, 1.54) is 7.05 Å². The van der Waals surface area contributed by atoms with E-state index in [0.29, 0.717) is 5.69 Å². The number of benzene rings is 1. The third kappa shape index (κ3) is 2.48. The Kier molecular flexibility index (Phi) is 3.01. The molecule has 0 aliphatic carbocycles. The summed E-state index contributed by atoms with van der Waals surface area (Å²) in [6.45, 7) is 3.90. The van der Waals surface area contributed by atoms with E-state index in [2.05, 4.69) is 15.4 Å². The van der Waals surface area contributed by atoms with E-state index in [-0.39, 0.29) is 5.82 Å². The van der Waals surface area contributed by atoms with Gasteiger partial charge < -0.3 is 5.32 Å². The third-order valence-corrected chi connectivity index (χ3v) is 2.46. The summed E-state index contributed by atoms with van der Waals surface area (Å²) in [6.07, 6.45) is 0. The van der Waals surface area contributed by atoms with Crippen molar-refractivity contribution < 1.29 is 4.79 Å². The number of carbonyl (C=O) groups is 1. The van der Waals surface area contributed by atoms with Crippen LogP contribution in [0.5, 0.6) is 0 Å². The van der Waals surface area contributed by atoms with Crippen LogP contribution in [-0.4, -0.2) is 20.7 Å². The highest BCUT2D eigenvalue weighted by atomic mass is 16.2. The van der Waals surface area contributed by atoms with Crippen molar-refractivity contribution in [2.45, 2.75) is 13.8 Å². The lowest BCUT2D eigenvalue weighted by Gasteiger charge is -2.05. The van der Waals surface area contributed by atoms with Crippen molar-refractivity contribution in [2.24, 2.45) is 7.05 Å². The number of amides is 1. The van der Waals surface area contributed by atoms with Crippen LogP contribution in [0, 0.1) is 13.8 Å². The molecule has 1 heterocycles. The summed E-state index contributed by atoms with van der Waals surface area (Å²) in [6, 6.07) is 5.72. The summed E-state index contributed by atoms with van der Waals surface area (Å²) in [5, 5.41) is 6.48. The van der Waals surface area contributed by atoms with E-state index < -0.39 is 11.6 Å². The van der Waals surface area contributed by atoms with Gasteiger partial charge in [-0.1, -0.05) is 6.07 Å². The molecule has 1 aromatic carbocycles. The predicted molar refractivity (Wildman–Crippen MR) is 67.7 cm³/mol. The highest BCUT2D eigenvalue weighted by Gasteiger charge is 2.12. The minimum atomic E-state index is -0.433. The number of hydrogen-bond donors (Lipinski definition) is 2. The minimum Gasteiger partial charge on any atom is -0.319 e. The average molecular weight is 246 g/mol. The molecule has 0 bridgehead atoms. The Bertz CT molecular complexity index is 634. The number of nitrogens with zero attached hydrogens (tertiary/aromatic N) is 2. The zero-order valence-corrected chi connectivity index (χ0v) is 10.4. The zero-order chi connectivity index (χ0) is 13.3. The molecule has 2 aromatic rings. The van der Waals surface area contributed by atoms with Crippen molar-refractivity contribution in [3.05, 3.63) is 45.6 Å². The van der Waals surface area contributed by atoms with Crippen molar-refractivity contribution in [1.29, 1.82) is 0 Å². The van der Waals surface area contributed by atoms with Crippen molar-refractivity contribution in [3.8, 4) is 0 Å². The van der Waals surface area contributed by atoms with Crippen molar-refractivity contribution in [3.63, 3.8) is 0 Å². The van der Waals surface area contributed by atoms with Gasteiger partial charge in [-0.3, -0.25) is 9.78 Å². The molecule has 1 aromatic heterocycles. The summed E-state index contributed by atoms with van der Waals surface area (Å²) in [4.78, 5) is 25.4. The van der Waals surface area contributed by atoms with Crippen LogP contribution >= 0.6 is 0 Å². The molecule has 0 saturated carbocycles. The fourth-order valence-corrected chi connectivity index (χ4v) is 1.74. The van der Waals surface area contributed by atoms with Crippen LogP contribution in [0.1, 0.15) is 21.7 Å². The van der Waals surface area contributed by atoms with Crippen molar-refractivity contribution in [1.82, 2.24) is 14.8 Å². The Balaban J connectivity index is 2.23. The number of H-pyrrole nitrogens is 1. The lowest BCUT2D eigenvalue weighted by molar-refractivity contribution is 0.101. The molecule has 0 spiro atoms. The second kappa shape index (κ2) is 4.48. The molecule has 18 heavy (non-hydrogen) atoms. The number of nitrogens with one attached hydrogen (secondary N) is 2. The first-order valence-corrected chi connectivity index (χ1v) is 5.48. The highest BCUT2D eigenvalue weighted by Crippen LogP contribution is 2.14. The van der Waals surface area contributed by atoms with Gasteiger partial charge in [0.05, 0.1) is 0 Å². The Morgan fingerprint density at radius 3 is 2.39 bits per heavy atom. The van der Waals surface area contributed by atoms with Gasteiger partial charge in [-0.25, -0.2) is 9.48 Å². The van der Waals surface area contributed by atoms with E-state index in [9.17, 15) is 9.59 Å². The number of aromatic amines is 1. The van der Waals surface area contributed by atoms with Gasteiger partial charge in [0.2, 0.25) is 5.82 Å². The first-order chi connectivity index (χ1) is 8.45. The largest absolute Gasteiger partial charge is 0.343 e. The quantitative estimate of drug-likeness (QED) is 0.828. The van der Waals surface area contributed by atoms with Crippen LogP contribution in [0.3, 0.4) is 0 Å². The molecule has 0 aliphatic rings. The molecule has 2 N–H and O–H groups in total. The van der Waals surface area contributed by atoms with E-state index in [1.807, 2.05) is 32.0 Å².